The van der Waals surface area contributed by atoms with Crippen LogP contribution in [0.1, 0.15) is 22.7 Å². The van der Waals surface area contributed by atoms with Crippen molar-refractivity contribution in [2.45, 2.75) is 19.0 Å². The number of nitrogens with zero attached hydrogens (tertiary/aromatic N) is 1. The normalized spacial score (nSPS) is 16.2. The first-order valence-corrected chi connectivity index (χ1v) is 9.54. The molecule has 0 unspecified atom stereocenters. The molecule has 7 heteroatoms. The lowest BCUT2D eigenvalue weighted by Gasteiger charge is -2.38. The van der Waals surface area contributed by atoms with Gasteiger partial charge in [-0.15, -0.1) is 0 Å². The number of halogens is 1. The zero-order chi connectivity index (χ0) is 20.8. The number of benzene rings is 2. The molecular weight excluding hydrogens is 375 g/mol. The Hall–Kier alpha value is -2.64. The average molecular weight is 402 g/mol. The topological polar surface area (TPSA) is 60.0 Å². The second-order valence-electron chi connectivity index (χ2n) is 7.01. The van der Waals surface area contributed by atoms with Crippen LogP contribution in [-0.4, -0.2) is 51.8 Å². The molecule has 0 saturated heterocycles. The highest BCUT2D eigenvalue weighted by Gasteiger charge is 2.29. The van der Waals surface area contributed by atoms with Gasteiger partial charge in [-0.05, 0) is 47.4 Å². The van der Waals surface area contributed by atoms with Gasteiger partial charge in [0.05, 0.1) is 20.3 Å². The van der Waals surface area contributed by atoms with Gasteiger partial charge in [-0.3, -0.25) is 9.69 Å². The van der Waals surface area contributed by atoms with E-state index >= 15 is 0 Å². The third-order valence-corrected chi connectivity index (χ3v) is 5.16. The van der Waals surface area contributed by atoms with Gasteiger partial charge in [0, 0.05) is 26.7 Å². The van der Waals surface area contributed by atoms with Crippen molar-refractivity contribution in [1.29, 1.82) is 0 Å². The van der Waals surface area contributed by atoms with E-state index in [9.17, 15) is 9.18 Å². The van der Waals surface area contributed by atoms with Crippen LogP contribution in [0.4, 0.5) is 4.39 Å². The Morgan fingerprint density at radius 1 is 1.17 bits per heavy atom. The molecule has 1 atom stereocenters. The van der Waals surface area contributed by atoms with Crippen LogP contribution in [0.3, 0.4) is 0 Å². The fourth-order valence-corrected chi connectivity index (χ4v) is 3.77. The first-order valence-electron chi connectivity index (χ1n) is 9.54. The lowest BCUT2D eigenvalue weighted by atomic mass is 9.91. The van der Waals surface area contributed by atoms with Crippen LogP contribution < -0.4 is 14.8 Å². The van der Waals surface area contributed by atoms with E-state index in [1.807, 2.05) is 18.2 Å². The standard InChI is InChI=1S/C22H27FN2O4/c1-27-14-22(26)24-12-19-18-11-21(29-3)20(28-2)10-16(18)7-8-25(19)13-15-5-4-6-17(23)9-15/h4-6,9-11,19H,7-8,12-14H2,1-3H3,(H,24,26)/t19-/m0/s1. The monoisotopic (exact) mass is 402 g/mol. The third-order valence-electron chi connectivity index (χ3n) is 5.16. The van der Waals surface area contributed by atoms with Gasteiger partial charge in [0.1, 0.15) is 12.4 Å². The molecule has 2 aromatic rings. The molecule has 1 aliphatic heterocycles. The minimum atomic E-state index is -0.253. The molecule has 0 saturated carbocycles. The van der Waals surface area contributed by atoms with E-state index in [2.05, 4.69) is 10.2 Å². The van der Waals surface area contributed by atoms with Crippen LogP contribution >= 0.6 is 0 Å². The molecule has 1 heterocycles. The third kappa shape index (κ3) is 5.05. The van der Waals surface area contributed by atoms with Crippen LogP contribution in [0, 0.1) is 5.82 Å². The van der Waals surface area contributed by atoms with Crippen molar-refractivity contribution in [1.82, 2.24) is 10.2 Å². The molecule has 29 heavy (non-hydrogen) atoms. The van der Waals surface area contributed by atoms with Gasteiger partial charge < -0.3 is 19.5 Å². The van der Waals surface area contributed by atoms with Crippen molar-refractivity contribution in [3.05, 3.63) is 58.9 Å². The molecule has 1 N–H and O–H groups in total. The molecule has 3 rings (SSSR count). The molecule has 1 aliphatic rings. The summed E-state index contributed by atoms with van der Waals surface area (Å²) in [5, 5.41) is 2.94. The Morgan fingerprint density at radius 3 is 2.62 bits per heavy atom. The molecule has 0 bridgehead atoms. The quantitative estimate of drug-likeness (QED) is 0.736. The number of hydrogen-bond donors (Lipinski definition) is 1. The molecule has 0 spiro atoms. The van der Waals surface area contributed by atoms with Crippen molar-refractivity contribution >= 4 is 5.91 Å². The first-order chi connectivity index (χ1) is 14.0. The van der Waals surface area contributed by atoms with Gasteiger partial charge in [0.2, 0.25) is 5.91 Å². The summed E-state index contributed by atoms with van der Waals surface area (Å²) in [7, 11) is 4.71. The summed E-state index contributed by atoms with van der Waals surface area (Å²) in [5.74, 6) is 0.904. The van der Waals surface area contributed by atoms with Crippen molar-refractivity contribution in [3.63, 3.8) is 0 Å². The summed E-state index contributed by atoms with van der Waals surface area (Å²) < 4.78 is 29.5. The van der Waals surface area contributed by atoms with E-state index in [1.54, 1.807) is 26.4 Å². The number of methoxy groups -OCH3 is 3. The molecule has 0 aromatic heterocycles. The van der Waals surface area contributed by atoms with E-state index in [-0.39, 0.29) is 24.4 Å². The fourth-order valence-electron chi connectivity index (χ4n) is 3.77. The van der Waals surface area contributed by atoms with Gasteiger partial charge in [0.15, 0.2) is 11.5 Å². The van der Waals surface area contributed by atoms with Crippen LogP contribution in [-0.2, 0) is 22.5 Å². The van der Waals surface area contributed by atoms with E-state index in [4.69, 9.17) is 14.2 Å². The maximum Gasteiger partial charge on any atom is 0.246 e. The lowest BCUT2D eigenvalue weighted by Crippen LogP contribution is -2.42. The summed E-state index contributed by atoms with van der Waals surface area (Å²) >= 11 is 0. The Kier molecular flexibility index (Phi) is 7.06. The Balaban J connectivity index is 1.91. The SMILES string of the molecule is COCC(=O)NC[C@H]1c2cc(OC)c(OC)cc2CCN1Cc1cccc(F)c1. The lowest BCUT2D eigenvalue weighted by molar-refractivity contribution is -0.125. The fraction of sp³-hybridized carbons (Fsp3) is 0.409. The molecule has 0 aliphatic carbocycles. The number of carbonyl (C=O) groups excluding carboxylic acids is 1. The molecule has 2 aromatic carbocycles. The van der Waals surface area contributed by atoms with Gasteiger partial charge >= 0.3 is 0 Å². The first kappa shape index (κ1) is 21.1. The van der Waals surface area contributed by atoms with Crippen LogP contribution in [0.15, 0.2) is 36.4 Å². The van der Waals surface area contributed by atoms with Crippen molar-refractivity contribution in [2.75, 3.05) is 41.0 Å². The van der Waals surface area contributed by atoms with E-state index in [0.717, 1.165) is 29.7 Å². The van der Waals surface area contributed by atoms with E-state index < -0.39 is 0 Å². The summed E-state index contributed by atoms with van der Waals surface area (Å²) in [5.41, 5.74) is 3.12. The van der Waals surface area contributed by atoms with Crippen LogP contribution in [0.25, 0.3) is 0 Å². The van der Waals surface area contributed by atoms with Gasteiger partial charge in [-0.1, -0.05) is 12.1 Å². The number of carbonyl (C=O) groups is 1. The van der Waals surface area contributed by atoms with Crippen LogP contribution in [0.2, 0.25) is 0 Å². The Morgan fingerprint density at radius 2 is 1.93 bits per heavy atom. The van der Waals surface area contributed by atoms with Gasteiger partial charge in [0.25, 0.3) is 0 Å². The maximum absolute atomic E-state index is 13.7. The minimum Gasteiger partial charge on any atom is -0.493 e. The number of ether oxygens (including phenoxy) is 3. The second kappa shape index (κ2) is 9.71. The van der Waals surface area contributed by atoms with Crippen molar-refractivity contribution < 1.29 is 23.4 Å². The number of fused-ring (bicyclic) bond motifs is 1. The predicted octanol–water partition coefficient (Wildman–Crippen LogP) is 2.70. The molecule has 1 amide bonds. The smallest absolute Gasteiger partial charge is 0.246 e. The number of hydrogen-bond acceptors (Lipinski definition) is 5. The van der Waals surface area contributed by atoms with E-state index in [0.29, 0.717) is 24.6 Å². The second-order valence-corrected chi connectivity index (χ2v) is 7.01. The molecule has 156 valence electrons. The van der Waals surface area contributed by atoms with Gasteiger partial charge in [-0.2, -0.15) is 0 Å². The predicted molar refractivity (Wildman–Crippen MR) is 108 cm³/mol. The summed E-state index contributed by atoms with van der Waals surface area (Å²) in [6.45, 7) is 1.79. The summed E-state index contributed by atoms with van der Waals surface area (Å²) in [6, 6.07) is 10.5. The maximum atomic E-state index is 13.7. The molecule has 6 nitrogen and oxygen atoms in total. The molecule has 0 radical (unpaired) electrons. The van der Waals surface area contributed by atoms with Crippen molar-refractivity contribution in [3.8, 4) is 11.5 Å². The average Bonchev–Trinajstić information content (AvgIpc) is 2.72. The van der Waals surface area contributed by atoms with Crippen LogP contribution in [0.5, 0.6) is 11.5 Å². The van der Waals surface area contributed by atoms with Gasteiger partial charge in [-0.25, -0.2) is 4.39 Å². The zero-order valence-corrected chi connectivity index (χ0v) is 17.0. The highest BCUT2D eigenvalue weighted by Crippen LogP contribution is 2.38. The molecule has 0 fully saturated rings. The van der Waals surface area contributed by atoms with E-state index in [1.165, 1.54) is 13.2 Å². The Bertz CT molecular complexity index is 859. The highest BCUT2D eigenvalue weighted by molar-refractivity contribution is 5.77. The number of rotatable bonds is 8. The number of nitrogens with one attached hydrogen (secondary N) is 1. The minimum absolute atomic E-state index is 0.00933. The molecular formula is C22H27FN2O4. The Labute approximate surface area is 170 Å². The van der Waals surface area contributed by atoms with Crippen molar-refractivity contribution in [2.24, 2.45) is 0 Å². The highest BCUT2D eigenvalue weighted by atomic mass is 19.1. The largest absolute Gasteiger partial charge is 0.493 e. The summed E-state index contributed by atoms with van der Waals surface area (Å²) in [4.78, 5) is 14.2. The number of amides is 1. The zero-order valence-electron chi connectivity index (χ0n) is 17.0. The summed E-state index contributed by atoms with van der Waals surface area (Å²) in [6.07, 6.45) is 0.827.